The highest BCUT2D eigenvalue weighted by molar-refractivity contribution is 5.81. The molecule has 0 aliphatic carbocycles. The topological polar surface area (TPSA) is 58.4 Å². The molecule has 1 amide bonds. The summed E-state index contributed by atoms with van der Waals surface area (Å²) in [6.07, 6.45) is 3.49. The fourth-order valence-electron chi connectivity index (χ4n) is 2.78. The van der Waals surface area contributed by atoms with E-state index >= 15 is 0 Å². The van der Waals surface area contributed by atoms with Gasteiger partial charge in [0, 0.05) is 24.7 Å². The number of hydrogen-bond acceptors (Lipinski definition) is 3. The van der Waals surface area contributed by atoms with Crippen molar-refractivity contribution < 1.29 is 4.79 Å². The van der Waals surface area contributed by atoms with E-state index in [0.717, 1.165) is 12.8 Å². The Labute approximate surface area is 105 Å². The highest BCUT2D eigenvalue weighted by Gasteiger charge is 2.33. The second kappa shape index (κ2) is 6.36. The van der Waals surface area contributed by atoms with Gasteiger partial charge in [0.05, 0.1) is 6.04 Å². The average molecular weight is 241 g/mol. The van der Waals surface area contributed by atoms with E-state index in [1.54, 1.807) is 0 Å². The minimum absolute atomic E-state index is 0.0822. The van der Waals surface area contributed by atoms with Gasteiger partial charge in [-0.25, -0.2) is 0 Å². The molecule has 4 heteroatoms. The SMILES string of the molecule is CC(C)NC(=O)C(C)N1C(C)CCCC1CN. The third-order valence-electron chi connectivity index (χ3n) is 3.62. The lowest BCUT2D eigenvalue weighted by molar-refractivity contribution is -0.129. The molecule has 1 aliphatic heterocycles. The Balaban J connectivity index is 2.69. The lowest BCUT2D eigenvalue weighted by Gasteiger charge is -2.43. The zero-order chi connectivity index (χ0) is 13.0. The second-order valence-electron chi connectivity index (χ2n) is 5.46. The summed E-state index contributed by atoms with van der Waals surface area (Å²) in [5, 5.41) is 2.98. The first kappa shape index (κ1) is 14.5. The minimum atomic E-state index is -0.0822. The van der Waals surface area contributed by atoms with E-state index in [9.17, 15) is 4.79 Å². The standard InChI is InChI=1S/C13H27N3O/c1-9(2)15-13(17)11(4)16-10(3)6-5-7-12(16)8-14/h9-12H,5-8,14H2,1-4H3,(H,15,17). The van der Waals surface area contributed by atoms with Crippen LogP contribution in [0, 0.1) is 0 Å². The van der Waals surface area contributed by atoms with Crippen LogP contribution in [0.3, 0.4) is 0 Å². The van der Waals surface area contributed by atoms with Crippen LogP contribution in [0.2, 0.25) is 0 Å². The predicted octanol–water partition coefficient (Wildman–Crippen LogP) is 1.10. The number of carbonyl (C=O) groups is 1. The van der Waals surface area contributed by atoms with Crippen LogP contribution in [0.25, 0.3) is 0 Å². The predicted molar refractivity (Wildman–Crippen MR) is 70.7 cm³/mol. The fraction of sp³-hybridized carbons (Fsp3) is 0.923. The van der Waals surface area contributed by atoms with Crippen molar-refractivity contribution in [2.24, 2.45) is 5.73 Å². The van der Waals surface area contributed by atoms with Gasteiger partial charge >= 0.3 is 0 Å². The van der Waals surface area contributed by atoms with Crippen molar-refractivity contribution in [2.45, 2.75) is 71.1 Å². The number of carbonyl (C=O) groups excluding carboxylic acids is 1. The number of amides is 1. The first-order chi connectivity index (χ1) is 7.97. The number of nitrogens with one attached hydrogen (secondary N) is 1. The third kappa shape index (κ3) is 3.68. The van der Waals surface area contributed by atoms with Crippen LogP contribution < -0.4 is 11.1 Å². The van der Waals surface area contributed by atoms with Gasteiger partial charge in [-0.3, -0.25) is 9.69 Å². The van der Waals surface area contributed by atoms with Crippen molar-refractivity contribution >= 4 is 5.91 Å². The number of likely N-dealkylation sites (tertiary alicyclic amines) is 1. The molecule has 3 unspecified atom stereocenters. The molecule has 3 N–H and O–H groups in total. The van der Waals surface area contributed by atoms with E-state index in [-0.39, 0.29) is 18.0 Å². The van der Waals surface area contributed by atoms with E-state index in [1.165, 1.54) is 6.42 Å². The Kier molecular flexibility index (Phi) is 5.40. The van der Waals surface area contributed by atoms with Gasteiger partial charge in [0.2, 0.25) is 5.91 Å². The molecule has 4 nitrogen and oxygen atoms in total. The largest absolute Gasteiger partial charge is 0.353 e. The molecule has 3 atom stereocenters. The highest BCUT2D eigenvalue weighted by Crippen LogP contribution is 2.24. The van der Waals surface area contributed by atoms with Crippen LogP contribution in [0.15, 0.2) is 0 Å². The fourth-order valence-corrected chi connectivity index (χ4v) is 2.78. The van der Waals surface area contributed by atoms with Gasteiger partial charge in [-0.15, -0.1) is 0 Å². The van der Waals surface area contributed by atoms with E-state index in [4.69, 9.17) is 5.73 Å². The van der Waals surface area contributed by atoms with Crippen molar-refractivity contribution in [3.63, 3.8) is 0 Å². The Bertz CT molecular complexity index is 255. The molecule has 1 rings (SSSR count). The van der Waals surface area contributed by atoms with Crippen molar-refractivity contribution in [2.75, 3.05) is 6.54 Å². The molecule has 1 aliphatic rings. The van der Waals surface area contributed by atoms with Gasteiger partial charge < -0.3 is 11.1 Å². The summed E-state index contributed by atoms with van der Waals surface area (Å²) in [5.41, 5.74) is 5.82. The zero-order valence-electron chi connectivity index (χ0n) is 11.6. The molecular weight excluding hydrogens is 214 g/mol. The first-order valence-electron chi connectivity index (χ1n) is 6.75. The van der Waals surface area contributed by atoms with Crippen molar-refractivity contribution in [3.05, 3.63) is 0 Å². The molecule has 0 bridgehead atoms. The van der Waals surface area contributed by atoms with E-state index < -0.39 is 0 Å². The Morgan fingerprint density at radius 1 is 1.41 bits per heavy atom. The molecule has 0 aromatic heterocycles. The number of nitrogens with two attached hydrogens (primary N) is 1. The number of rotatable bonds is 4. The van der Waals surface area contributed by atoms with Gasteiger partial charge in [0.15, 0.2) is 0 Å². The summed E-state index contributed by atoms with van der Waals surface area (Å²) in [6, 6.07) is 0.916. The summed E-state index contributed by atoms with van der Waals surface area (Å²) in [4.78, 5) is 14.4. The smallest absolute Gasteiger partial charge is 0.237 e. The van der Waals surface area contributed by atoms with E-state index in [0.29, 0.717) is 18.6 Å². The molecule has 1 saturated heterocycles. The maximum atomic E-state index is 12.1. The van der Waals surface area contributed by atoms with Crippen LogP contribution in [0.1, 0.15) is 47.0 Å². The lowest BCUT2D eigenvalue weighted by atomic mass is 9.94. The second-order valence-corrected chi connectivity index (χ2v) is 5.46. The zero-order valence-corrected chi connectivity index (χ0v) is 11.6. The normalized spacial score (nSPS) is 28.1. The molecule has 1 heterocycles. The van der Waals surface area contributed by atoms with E-state index in [2.05, 4.69) is 17.1 Å². The summed E-state index contributed by atoms with van der Waals surface area (Å²) in [7, 11) is 0. The van der Waals surface area contributed by atoms with Crippen molar-refractivity contribution in [1.29, 1.82) is 0 Å². The van der Waals surface area contributed by atoms with Gasteiger partial charge in [-0.2, -0.15) is 0 Å². The van der Waals surface area contributed by atoms with Gasteiger partial charge in [-0.05, 0) is 40.5 Å². The lowest BCUT2D eigenvalue weighted by Crippen LogP contribution is -2.57. The molecule has 0 aromatic carbocycles. The Morgan fingerprint density at radius 2 is 2.06 bits per heavy atom. The third-order valence-corrected chi connectivity index (χ3v) is 3.62. The van der Waals surface area contributed by atoms with Crippen molar-refractivity contribution in [1.82, 2.24) is 10.2 Å². The molecule has 17 heavy (non-hydrogen) atoms. The van der Waals surface area contributed by atoms with Gasteiger partial charge in [0.25, 0.3) is 0 Å². The molecule has 1 fully saturated rings. The van der Waals surface area contributed by atoms with Crippen LogP contribution in [0.5, 0.6) is 0 Å². The highest BCUT2D eigenvalue weighted by atomic mass is 16.2. The molecule has 0 spiro atoms. The monoisotopic (exact) mass is 241 g/mol. The van der Waals surface area contributed by atoms with Crippen LogP contribution in [-0.2, 0) is 4.79 Å². The maximum absolute atomic E-state index is 12.1. The molecule has 0 aromatic rings. The first-order valence-corrected chi connectivity index (χ1v) is 6.75. The van der Waals surface area contributed by atoms with Gasteiger partial charge in [-0.1, -0.05) is 6.42 Å². The Morgan fingerprint density at radius 3 is 2.59 bits per heavy atom. The Hall–Kier alpha value is -0.610. The van der Waals surface area contributed by atoms with Crippen LogP contribution in [0.4, 0.5) is 0 Å². The summed E-state index contributed by atoms with van der Waals surface area (Å²) in [6.45, 7) is 8.81. The van der Waals surface area contributed by atoms with Crippen LogP contribution >= 0.6 is 0 Å². The number of piperidine rings is 1. The van der Waals surface area contributed by atoms with Crippen molar-refractivity contribution in [3.8, 4) is 0 Å². The molecule has 100 valence electrons. The number of nitrogens with zero attached hydrogens (tertiary/aromatic N) is 1. The molecular formula is C13H27N3O. The summed E-state index contributed by atoms with van der Waals surface area (Å²) in [5.74, 6) is 0.118. The maximum Gasteiger partial charge on any atom is 0.237 e. The number of hydrogen-bond donors (Lipinski definition) is 2. The average Bonchev–Trinajstić information content (AvgIpc) is 2.26. The summed E-state index contributed by atoms with van der Waals surface area (Å²) >= 11 is 0. The van der Waals surface area contributed by atoms with Crippen LogP contribution in [-0.4, -0.2) is 41.5 Å². The summed E-state index contributed by atoms with van der Waals surface area (Å²) < 4.78 is 0. The molecule has 0 saturated carbocycles. The quantitative estimate of drug-likeness (QED) is 0.775. The van der Waals surface area contributed by atoms with Gasteiger partial charge in [0.1, 0.15) is 0 Å². The molecule has 0 radical (unpaired) electrons. The minimum Gasteiger partial charge on any atom is -0.353 e. The van der Waals surface area contributed by atoms with E-state index in [1.807, 2.05) is 20.8 Å².